The van der Waals surface area contributed by atoms with Crippen LogP contribution in [0.2, 0.25) is 0 Å². The summed E-state index contributed by atoms with van der Waals surface area (Å²) in [4.78, 5) is 27.7. The van der Waals surface area contributed by atoms with E-state index < -0.39 is 17.9 Å². The fourth-order valence-corrected chi connectivity index (χ4v) is 1.99. The predicted octanol–water partition coefficient (Wildman–Crippen LogP) is 0.468. The summed E-state index contributed by atoms with van der Waals surface area (Å²) in [7, 11) is 1.22. The topological polar surface area (TPSA) is 95.2 Å². The Bertz CT molecular complexity index is 715. The van der Waals surface area contributed by atoms with Crippen LogP contribution in [0.15, 0.2) is 24.3 Å². The van der Waals surface area contributed by atoms with E-state index in [0.29, 0.717) is 21.5 Å². The van der Waals surface area contributed by atoms with Crippen molar-refractivity contribution >= 4 is 22.9 Å². The number of carbonyl (C=O) groups is 2. The fourth-order valence-electron chi connectivity index (χ4n) is 1.99. The highest BCUT2D eigenvalue weighted by atomic mass is 16.5. The number of nitrogens with zero attached hydrogens (tertiary/aromatic N) is 2. The number of rotatable bonds is 3. The van der Waals surface area contributed by atoms with Crippen molar-refractivity contribution in [1.82, 2.24) is 10.3 Å². The van der Waals surface area contributed by atoms with Gasteiger partial charge in [-0.05, 0) is 19.9 Å². The smallest absolute Gasteiger partial charge is 0.328 e. The molecule has 1 amide bonds. The van der Waals surface area contributed by atoms with Crippen LogP contribution in [0.1, 0.15) is 23.1 Å². The second-order valence-electron chi connectivity index (χ2n) is 4.55. The summed E-state index contributed by atoms with van der Waals surface area (Å²) in [6.07, 6.45) is 0. The first-order chi connectivity index (χ1) is 9.95. The highest BCUT2D eigenvalue weighted by Crippen LogP contribution is 2.10. The summed E-state index contributed by atoms with van der Waals surface area (Å²) >= 11 is 0. The van der Waals surface area contributed by atoms with Gasteiger partial charge < -0.3 is 15.3 Å². The van der Waals surface area contributed by atoms with Crippen molar-refractivity contribution in [2.75, 3.05) is 7.11 Å². The lowest BCUT2D eigenvalue weighted by Gasteiger charge is -2.13. The van der Waals surface area contributed by atoms with Gasteiger partial charge in [-0.1, -0.05) is 12.1 Å². The highest BCUT2D eigenvalue weighted by Gasteiger charge is 2.26. The number of fused-ring (bicyclic) bond motifs is 1. The Hall–Kier alpha value is -2.70. The van der Waals surface area contributed by atoms with E-state index in [4.69, 9.17) is 0 Å². The zero-order valence-electron chi connectivity index (χ0n) is 11.9. The summed E-state index contributed by atoms with van der Waals surface area (Å²) in [6.45, 7) is 3.04. The standard InChI is InChI=1S/C14H15N3O4/c1-8-12(13(18)16-9(2)14(19)21-3)17(20)11-7-5-4-6-10(11)15-8/h4-7,9H,1-3H3,(H,16,18)/t9-/m0/s1. The Morgan fingerprint density at radius 2 is 2.05 bits per heavy atom. The first kappa shape index (κ1) is 14.7. The molecule has 0 spiro atoms. The first-order valence-electron chi connectivity index (χ1n) is 6.33. The first-order valence-corrected chi connectivity index (χ1v) is 6.33. The van der Waals surface area contributed by atoms with Gasteiger partial charge in [0.2, 0.25) is 5.52 Å². The van der Waals surface area contributed by atoms with E-state index in [0.717, 1.165) is 0 Å². The van der Waals surface area contributed by atoms with Crippen LogP contribution in [-0.4, -0.2) is 30.0 Å². The van der Waals surface area contributed by atoms with Gasteiger partial charge in [0.05, 0.1) is 7.11 Å². The van der Waals surface area contributed by atoms with Crippen LogP contribution < -0.4 is 10.0 Å². The van der Waals surface area contributed by atoms with Crippen LogP contribution in [0.4, 0.5) is 0 Å². The molecule has 0 saturated heterocycles. The Kier molecular flexibility index (Phi) is 4.02. The van der Waals surface area contributed by atoms with E-state index >= 15 is 0 Å². The van der Waals surface area contributed by atoms with Crippen molar-refractivity contribution in [3.63, 3.8) is 0 Å². The molecule has 0 radical (unpaired) electrons. The molecule has 2 aromatic rings. The van der Waals surface area contributed by atoms with Gasteiger partial charge in [-0.15, -0.1) is 0 Å². The van der Waals surface area contributed by atoms with Gasteiger partial charge in [0.15, 0.2) is 0 Å². The lowest BCUT2D eigenvalue weighted by molar-refractivity contribution is -0.580. The average Bonchev–Trinajstić information content (AvgIpc) is 2.46. The van der Waals surface area contributed by atoms with Crippen molar-refractivity contribution in [2.45, 2.75) is 19.9 Å². The Morgan fingerprint density at radius 1 is 1.38 bits per heavy atom. The molecule has 7 heteroatoms. The van der Waals surface area contributed by atoms with Gasteiger partial charge in [0.25, 0.3) is 0 Å². The van der Waals surface area contributed by atoms with E-state index in [9.17, 15) is 14.8 Å². The van der Waals surface area contributed by atoms with Crippen molar-refractivity contribution < 1.29 is 19.1 Å². The molecule has 0 saturated carbocycles. The largest absolute Gasteiger partial charge is 0.618 e. The Labute approximate surface area is 121 Å². The number of para-hydroxylation sites is 2. The van der Waals surface area contributed by atoms with Gasteiger partial charge in [-0.25, -0.2) is 9.78 Å². The SMILES string of the molecule is COC(=O)[C@H](C)NC(=O)c1c(C)nc2ccccc2[n+]1[O-]. The maximum Gasteiger partial charge on any atom is 0.328 e. The van der Waals surface area contributed by atoms with E-state index in [1.165, 1.54) is 14.0 Å². The molecular formula is C14H15N3O4. The van der Waals surface area contributed by atoms with Crippen LogP contribution in [0, 0.1) is 12.1 Å². The molecule has 0 bridgehead atoms. The number of aryl methyl sites for hydroxylation is 1. The zero-order chi connectivity index (χ0) is 15.6. The molecule has 0 aliphatic heterocycles. The minimum absolute atomic E-state index is 0.135. The van der Waals surface area contributed by atoms with Crippen molar-refractivity contribution in [3.8, 4) is 0 Å². The summed E-state index contributed by atoms with van der Waals surface area (Å²) in [5.74, 6) is -1.26. The Morgan fingerprint density at radius 3 is 2.71 bits per heavy atom. The van der Waals surface area contributed by atoms with E-state index in [-0.39, 0.29) is 5.69 Å². The number of hydrogen-bond acceptors (Lipinski definition) is 5. The fraction of sp³-hybridized carbons (Fsp3) is 0.286. The maximum atomic E-state index is 12.3. The zero-order valence-corrected chi connectivity index (χ0v) is 11.9. The number of ether oxygens (including phenoxy) is 1. The molecule has 0 aliphatic carbocycles. The number of aromatic nitrogens is 2. The minimum Gasteiger partial charge on any atom is -0.618 e. The molecule has 1 aromatic heterocycles. The van der Waals surface area contributed by atoms with Crippen LogP contribution in [0.25, 0.3) is 11.0 Å². The van der Waals surface area contributed by atoms with Gasteiger partial charge in [0, 0.05) is 6.07 Å². The second kappa shape index (κ2) is 5.74. The van der Waals surface area contributed by atoms with Crippen LogP contribution >= 0.6 is 0 Å². The molecule has 21 heavy (non-hydrogen) atoms. The van der Waals surface area contributed by atoms with Gasteiger partial charge in [0.1, 0.15) is 17.3 Å². The molecule has 1 heterocycles. The number of hydrogen-bond donors (Lipinski definition) is 1. The molecular weight excluding hydrogens is 274 g/mol. The number of esters is 1. The average molecular weight is 289 g/mol. The number of methoxy groups -OCH3 is 1. The predicted molar refractivity (Wildman–Crippen MR) is 74.4 cm³/mol. The molecule has 110 valence electrons. The molecule has 2 rings (SSSR count). The molecule has 1 N–H and O–H groups in total. The number of nitrogens with one attached hydrogen (secondary N) is 1. The van der Waals surface area contributed by atoms with E-state index in [1.54, 1.807) is 31.2 Å². The lowest BCUT2D eigenvalue weighted by Crippen LogP contribution is -2.46. The molecule has 7 nitrogen and oxygen atoms in total. The van der Waals surface area contributed by atoms with Gasteiger partial charge in [-0.3, -0.25) is 4.79 Å². The van der Waals surface area contributed by atoms with Crippen molar-refractivity contribution in [2.24, 2.45) is 0 Å². The summed E-state index contributed by atoms with van der Waals surface area (Å²) in [6, 6.07) is 5.86. The van der Waals surface area contributed by atoms with E-state index in [1.807, 2.05) is 0 Å². The maximum absolute atomic E-state index is 12.3. The van der Waals surface area contributed by atoms with Crippen molar-refractivity contribution in [3.05, 3.63) is 40.9 Å². The van der Waals surface area contributed by atoms with Crippen molar-refractivity contribution in [1.29, 1.82) is 0 Å². The lowest BCUT2D eigenvalue weighted by atomic mass is 10.2. The third-order valence-electron chi connectivity index (χ3n) is 3.05. The quantitative estimate of drug-likeness (QED) is 0.503. The highest BCUT2D eigenvalue weighted by molar-refractivity contribution is 5.95. The summed E-state index contributed by atoms with van der Waals surface area (Å²) < 4.78 is 5.05. The Balaban J connectivity index is 2.42. The molecule has 1 aromatic carbocycles. The van der Waals surface area contributed by atoms with Gasteiger partial charge >= 0.3 is 17.6 Å². The number of carbonyl (C=O) groups excluding carboxylic acids is 2. The minimum atomic E-state index is -0.853. The number of amides is 1. The second-order valence-corrected chi connectivity index (χ2v) is 4.55. The van der Waals surface area contributed by atoms with Gasteiger partial charge in [-0.2, -0.15) is 4.73 Å². The van der Waals surface area contributed by atoms with Crippen LogP contribution in [0.3, 0.4) is 0 Å². The van der Waals surface area contributed by atoms with Crippen LogP contribution in [0.5, 0.6) is 0 Å². The number of benzene rings is 1. The third-order valence-corrected chi connectivity index (χ3v) is 3.05. The third kappa shape index (κ3) is 2.76. The molecule has 0 fully saturated rings. The molecule has 0 aliphatic rings. The molecule has 1 atom stereocenters. The summed E-state index contributed by atoms with van der Waals surface area (Å²) in [5.41, 5.74) is 0.948. The normalized spacial score (nSPS) is 12.0. The van der Waals surface area contributed by atoms with Crippen LogP contribution in [-0.2, 0) is 9.53 Å². The molecule has 0 unspecified atom stereocenters. The monoisotopic (exact) mass is 289 g/mol. The summed E-state index contributed by atoms with van der Waals surface area (Å²) in [5, 5.41) is 14.7. The van der Waals surface area contributed by atoms with E-state index in [2.05, 4.69) is 15.0 Å².